The Morgan fingerprint density at radius 1 is 1.44 bits per heavy atom. The summed E-state index contributed by atoms with van der Waals surface area (Å²) in [4.78, 5) is 0. The highest BCUT2D eigenvalue weighted by atomic mass is 15.5. The molecule has 2 unspecified atom stereocenters. The summed E-state index contributed by atoms with van der Waals surface area (Å²) in [5.74, 6) is 2.28. The summed E-state index contributed by atoms with van der Waals surface area (Å²) in [5.41, 5.74) is 8.84. The molecule has 2 aromatic rings. The van der Waals surface area contributed by atoms with E-state index in [1.54, 1.807) is 0 Å². The maximum Gasteiger partial charge on any atom is 0.184 e. The summed E-state index contributed by atoms with van der Waals surface area (Å²) >= 11 is 0. The van der Waals surface area contributed by atoms with Gasteiger partial charge in [-0.25, -0.2) is 4.68 Å². The molecule has 2 N–H and O–H groups in total. The summed E-state index contributed by atoms with van der Waals surface area (Å²) in [6, 6.07) is 5.87. The van der Waals surface area contributed by atoms with E-state index in [-0.39, 0.29) is 0 Å². The van der Waals surface area contributed by atoms with E-state index in [1.165, 1.54) is 6.42 Å². The highest BCUT2D eigenvalue weighted by Crippen LogP contribution is 2.39. The minimum Gasteiger partial charge on any atom is -0.398 e. The monoisotopic (exact) mass is 243 g/mol. The Bertz CT molecular complexity index is 554. The molecule has 0 aliphatic heterocycles. The highest BCUT2D eigenvalue weighted by Gasteiger charge is 2.34. The van der Waals surface area contributed by atoms with Crippen molar-refractivity contribution in [2.75, 3.05) is 5.73 Å². The van der Waals surface area contributed by atoms with Crippen LogP contribution in [0.3, 0.4) is 0 Å². The molecule has 0 spiro atoms. The number of benzene rings is 1. The minimum atomic E-state index is 0.706. The Balaban J connectivity index is 1.99. The maximum absolute atomic E-state index is 6.05. The van der Waals surface area contributed by atoms with E-state index in [0.29, 0.717) is 5.92 Å². The Labute approximate surface area is 106 Å². The molecule has 1 aliphatic rings. The summed E-state index contributed by atoms with van der Waals surface area (Å²) in [7, 11) is 0. The van der Waals surface area contributed by atoms with E-state index in [9.17, 15) is 0 Å². The number of hydrogen-bond donors (Lipinski definition) is 1. The normalized spacial score (nSPS) is 22.1. The van der Waals surface area contributed by atoms with Gasteiger partial charge in [-0.15, -0.1) is 5.10 Å². The fourth-order valence-electron chi connectivity index (χ4n) is 2.38. The molecule has 0 amide bonds. The standard InChI is InChI=1S/C13H17N5/c1-8-4-3-5-11(14)12(8)13-15-16-17-18(13)7-10-6-9(10)2/h3-5,9-10H,6-7,14H2,1-2H3. The predicted octanol–water partition coefficient (Wildman–Crippen LogP) is 1.89. The van der Waals surface area contributed by atoms with Crippen LogP contribution in [0.25, 0.3) is 11.4 Å². The summed E-state index contributed by atoms with van der Waals surface area (Å²) in [6.07, 6.45) is 1.27. The molecular weight excluding hydrogens is 226 g/mol. The Kier molecular flexibility index (Phi) is 2.54. The van der Waals surface area contributed by atoms with Crippen molar-refractivity contribution in [3.8, 4) is 11.4 Å². The van der Waals surface area contributed by atoms with Crippen LogP contribution in [0.5, 0.6) is 0 Å². The molecule has 0 saturated heterocycles. The molecule has 0 bridgehead atoms. The predicted molar refractivity (Wildman–Crippen MR) is 69.7 cm³/mol. The second-order valence-corrected chi connectivity index (χ2v) is 5.20. The number of rotatable bonds is 3. The van der Waals surface area contributed by atoms with E-state index in [0.717, 1.165) is 35.1 Å². The molecule has 1 aromatic heterocycles. The zero-order chi connectivity index (χ0) is 12.7. The Morgan fingerprint density at radius 2 is 2.22 bits per heavy atom. The lowest BCUT2D eigenvalue weighted by atomic mass is 10.1. The second-order valence-electron chi connectivity index (χ2n) is 5.20. The third kappa shape index (κ3) is 1.85. The van der Waals surface area contributed by atoms with Crippen molar-refractivity contribution < 1.29 is 0 Å². The molecule has 3 rings (SSSR count). The van der Waals surface area contributed by atoms with Gasteiger partial charge in [-0.05, 0) is 47.2 Å². The van der Waals surface area contributed by atoms with Crippen molar-refractivity contribution in [1.82, 2.24) is 20.2 Å². The maximum atomic E-state index is 6.05. The molecule has 5 heteroatoms. The van der Waals surface area contributed by atoms with Gasteiger partial charge in [0, 0.05) is 17.8 Å². The molecular formula is C13H17N5. The second kappa shape index (κ2) is 4.08. The van der Waals surface area contributed by atoms with Crippen LogP contribution in [0, 0.1) is 18.8 Å². The first-order valence-electron chi connectivity index (χ1n) is 6.28. The van der Waals surface area contributed by atoms with Crippen molar-refractivity contribution in [2.24, 2.45) is 11.8 Å². The van der Waals surface area contributed by atoms with Gasteiger partial charge in [0.1, 0.15) is 0 Å². The van der Waals surface area contributed by atoms with Crippen molar-refractivity contribution in [3.63, 3.8) is 0 Å². The molecule has 1 saturated carbocycles. The van der Waals surface area contributed by atoms with E-state index in [4.69, 9.17) is 5.73 Å². The van der Waals surface area contributed by atoms with Gasteiger partial charge >= 0.3 is 0 Å². The van der Waals surface area contributed by atoms with Crippen LogP contribution >= 0.6 is 0 Å². The number of aryl methyl sites for hydroxylation is 1. The van der Waals surface area contributed by atoms with E-state index in [1.807, 2.05) is 29.8 Å². The van der Waals surface area contributed by atoms with Gasteiger partial charge < -0.3 is 5.73 Å². The van der Waals surface area contributed by atoms with Crippen LogP contribution in [0.15, 0.2) is 18.2 Å². The molecule has 5 nitrogen and oxygen atoms in total. The molecule has 1 aromatic carbocycles. The third-order valence-corrected chi connectivity index (χ3v) is 3.74. The number of tetrazole rings is 1. The zero-order valence-corrected chi connectivity index (χ0v) is 10.7. The van der Waals surface area contributed by atoms with E-state index >= 15 is 0 Å². The van der Waals surface area contributed by atoms with Crippen LogP contribution in [0.1, 0.15) is 18.9 Å². The smallest absolute Gasteiger partial charge is 0.184 e. The molecule has 94 valence electrons. The Hall–Kier alpha value is -1.91. The number of hydrogen-bond acceptors (Lipinski definition) is 4. The summed E-state index contributed by atoms with van der Waals surface area (Å²) in [6.45, 7) is 5.18. The largest absolute Gasteiger partial charge is 0.398 e. The quantitative estimate of drug-likeness (QED) is 0.836. The fourth-order valence-corrected chi connectivity index (χ4v) is 2.38. The van der Waals surface area contributed by atoms with Gasteiger partial charge in [0.2, 0.25) is 0 Å². The SMILES string of the molecule is Cc1cccc(N)c1-c1nnnn1CC1CC1C. The summed E-state index contributed by atoms with van der Waals surface area (Å²) < 4.78 is 1.88. The molecule has 18 heavy (non-hydrogen) atoms. The zero-order valence-electron chi connectivity index (χ0n) is 10.7. The van der Waals surface area contributed by atoms with Gasteiger partial charge in [-0.2, -0.15) is 0 Å². The van der Waals surface area contributed by atoms with Crippen LogP contribution < -0.4 is 5.73 Å². The first-order chi connectivity index (χ1) is 8.66. The lowest BCUT2D eigenvalue weighted by Crippen LogP contribution is -2.07. The van der Waals surface area contributed by atoms with Gasteiger partial charge in [0.15, 0.2) is 5.82 Å². The van der Waals surface area contributed by atoms with E-state index < -0.39 is 0 Å². The molecule has 1 fully saturated rings. The van der Waals surface area contributed by atoms with Gasteiger partial charge in [0.05, 0.1) is 0 Å². The number of nitrogens with two attached hydrogens (primary N) is 1. The topological polar surface area (TPSA) is 69.6 Å². The Morgan fingerprint density at radius 3 is 2.89 bits per heavy atom. The molecule has 1 heterocycles. The third-order valence-electron chi connectivity index (χ3n) is 3.74. The first-order valence-corrected chi connectivity index (χ1v) is 6.28. The number of anilines is 1. The molecule has 1 aliphatic carbocycles. The van der Waals surface area contributed by atoms with Crippen LogP contribution in [0.2, 0.25) is 0 Å². The van der Waals surface area contributed by atoms with Crippen molar-refractivity contribution in [1.29, 1.82) is 0 Å². The first kappa shape index (κ1) is 11.2. The van der Waals surface area contributed by atoms with Crippen molar-refractivity contribution in [3.05, 3.63) is 23.8 Å². The number of nitrogen functional groups attached to an aromatic ring is 1. The van der Waals surface area contributed by atoms with Crippen molar-refractivity contribution >= 4 is 5.69 Å². The van der Waals surface area contributed by atoms with Crippen LogP contribution in [-0.4, -0.2) is 20.2 Å². The lowest BCUT2D eigenvalue weighted by molar-refractivity contribution is 0.528. The molecule has 0 radical (unpaired) electrons. The van der Waals surface area contributed by atoms with Crippen LogP contribution in [-0.2, 0) is 6.54 Å². The van der Waals surface area contributed by atoms with Gasteiger partial charge in [0.25, 0.3) is 0 Å². The number of aromatic nitrogens is 4. The van der Waals surface area contributed by atoms with E-state index in [2.05, 4.69) is 22.4 Å². The van der Waals surface area contributed by atoms with Gasteiger partial charge in [-0.3, -0.25) is 0 Å². The molecule has 2 atom stereocenters. The van der Waals surface area contributed by atoms with Gasteiger partial charge in [-0.1, -0.05) is 19.1 Å². The lowest BCUT2D eigenvalue weighted by Gasteiger charge is -2.09. The minimum absolute atomic E-state index is 0.706. The van der Waals surface area contributed by atoms with Crippen LogP contribution in [0.4, 0.5) is 5.69 Å². The average molecular weight is 243 g/mol. The average Bonchev–Trinajstić information content (AvgIpc) is 2.84. The summed E-state index contributed by atoms with van der Waals surface area (Å²) in [5, 5.41) is 12.0. The fraction of sp³-hybridized carbons (Fsp3) is 0.462. The highest BCUT2D eigenvalue weighted by molar-refractivity contribution is 5.74. The number of nitrogens with zero attached hydrogens (tertiary/aromatic N) is 4. The van der Waals surface area contributed by atoms with Crippen molar-refractivity contribution in [2.45, 2.75) is 26.8 Å².